The van der Waals surface area contributed by atoms with E-state index < -0.39 is 11.8 Å². The van der Waals surface area contributed by atoms with E-state index in [9.17, 15) is 9.59 Å². The van der Waals surface area contributed by atoms with E-state index in [1.54, 1.807) is 11.3 Å². The maximum absolute atomic E-state index is 12.3. The molecule has 0 spiro atoms. The molecule has 0 bridgehead atoms. The summed E-state index contributed by atoms with van der Waals surface area (Å²) >= 11 is 1.68. The Hall–Kier alpha value is -2.14. The molecule has 3 rings (SSSR count). The number of carbonyl (C=O) groups is 2. The minimum Gasteiger partial charge on any atom is -0.347 e. The number of rotatable bonds is 4. The third-order valence-electron chi connectivity index (χ3n) is 5.34. The van der Waals surface area contributed by atoms with Crippen LogP contribution in [0.3, 0.4) is 0 Å². The number of benzene rings is 1. The zero-order valence-corrected chi connectivity index (χ0v) is 15.5. The third kappa shape index (κ3) is 3.76. The third-order valence-corrected chi connectivity index (χ3v) is 6.02. The Kier molecular flexibility index (Phi) is 5.23. The van der Waals surface area contributed by atoms with Crippen molar-refractivity contribution in [2.45, 2.75) is 44.9 Å². The lowest BCUT2D eigenvalue weighted by Crippen LogP contribution is -2.43. The summed E-state index contributed by atoms with van der Waals surface area (Å²) in [5.41, 5.74) is 4.02. The zero-order chi connectivity index (χ0) is 17.9. The fourth-order valence-electron chi connectivity index (χ4n) is 3.58. The number of hydrogen-bond donors (Lipinski definition) is 2. The molecule has 1 saturated carbocycles. The fourth-order valence-corrected chi connectivity index (χ4v) is 4.36. The monoisotopic (exact) mass is 356 g/mol. The molecule has 2 amide bonds. The second-order valence-electron chi connectivity index (χ2n) is 6.88. The molecule has 0 aliphatic heterocycles. The van der Waals surface area contributed by atoms with Gasteiger partial charge in [-0.2, -0.15) is 11.3 Å². The van der Waals surface area contributed by atoms with Gasteiger partial charge in [0.25, 0.3) is 0 Å². The lowest BCUT2D eigenvalue weighted by Gasteiger charge is -2.28. The van der Waals surface area contributed by atoms with Crippen molar-refractivity contribution >= 4 is 28.8 Å². The first-order valence-electron chi connectivity index (χ1n) is 8.70. The molecular formula is C20H24N2O2S. The van der Waals surface area contributed by atoms with Crippen LogP contribution in [0.1, 0.15) is 42.4 Å². The Balaban J connectivity index is 1.63. The molecule has 5 heteroatoms. The van der Waals surface area contributed by atoms with Crippen LogP contribution in [0.2, 0.25) is 0 Å². The molecule has 1 aliphatic carbocycles. The molecule has 0 unspecified atom stereocenters. The maximum Gasteiger partial charge on any atom is 0.313 e. The Morgan fingerprint density at radius 2 is 1.88 bits per heavy atom. The average molecular weight is 356 g/mol. The van der Waals surface area contributed by atoms with Gasteiger partial charge in [-0.3, -0.25) is 9.59 Å². The molecule has 4 nitrogen and oxygen atoms in total. The van der Waals surface area contributed by atoms with Crippen molar-refractivity contribution in [2.24, 2.45) is 0 Å². The molecule has 2 N–H and O–H groups in total. The smallest absolute Gasteiger partial charge is 0.313 e. The number of anilines is 1. The summed E-state index contributed by atoms with van der Waals surface area (Å²) in [6, 6.07) is 7.81. The highest BCUT2D eigenvalue weighted by atomic mass is 32.1. The minimum atomic E-state index is -0.604. The summed E-state index contributed by atoms with van der Waals surface area (Å²) in [7, 11) is 0. The Morgan fingerprint density at radius 1 is 1.12 bits per heavy atom. The van der Waals surface area contributed by atoms with Gasteiger partial charge in [0.2, 0.25) is 0 Å². The number of nitrogens with one attached hydrogen (secondary N) is 2. The Bertz CT molecular complexity index is 762. The second-order valence-corrected chi connectivity index (χ2v) is 7.66. The van der Waals surface area contributed by atoms with Crippen LogP contribution in [0.4, 0.5) is 5.69 Å². The van der Waals surface area contributed by atoms with Crippen molar-refractivity contribution in [1.82, 2.24) is 5.32 Å². The van der Waals surface area contributed by atoms with Crippen LogP contribution in [-0.4, -0.2) is 18.4 Å². The summed E-state index contributed by atoms with van der Waals surface area (Å²) in [5.74, 6) is -1.17. The quantitative estimate of drug-likeness (QED) is 0.816. The molecule has 1 aliphatic rings. The Labute approximate surface area is 152 Å². The fraction of sp³-hybridized carbons (Fsp3) is 0.400. The van der Waals surface area contributed by atoms with Gasteiger partial charge in [0.05, 0.1) is 0 Å². The summed E-state index contributed by atoms with van der Waals surface area (Å²) in [6.45, 7) is 4.44. The number of thiophene rings is 1. The minimum absolute atomic E-state index is 0.0187. The van der Waals surface area contributed by atoms with Gasteiger partial charge >= 0.3 is 11.8 Å². The Morgan fingerprint density at radius 3 is 2.56 bits per heavy atom. The van der Waals surface area contributed by atoms with Gasteiger partial charge in [-0.25, -0.2) is 0 Å². The van der Waals surface area contributed by atoms with Crippen LogP contribution < -0.4 is 10.6 Å². The van der Waals surface area contributed by atoms with Crippen LogP contribution in [0, 0.1) is 13.8 Å². The number of amides is 2. The molecule has 132 valence electrons. The van der Waals surface area contributed by atoms with Crippen molar-refractivity contribution in [3.8, 4) is 0 Å². The second kappa shape index (κ2) is 7.40. The summed E-state index contributed by atoms with van der Waals surface area (Å²) in [6.07, 6.45) is 4.45. The summed E-state index contributed by atoms with van der Waals surface area (Å²) < 4.78 is 0. The molecule has 0 saturated heterocycles. The van der Waals surface area contributed by atoms with E-state index in [1.165, 1.54) is 18.4 Å². The van der Waals surface area contributed by atoms with E-state index >= 15 is 0 Å². The SMILES string of the molecule is Cc1cccc(NC(=O)C(=O)NCC2(c3ccsc3)CCCC2)c1C. The van der Waals surface area contributed by atoms with Crippen LogP contribution in [-0.2, 0) is 15.0 Å². The lowest BCUT2D eigenvalue weighted by molar-refractivity contribution is -0.136. The van der Waals surface area contributed by atoms with E-state index in [1.807, 2.05) is 32.0 Å². The van der Waals surface area contributed by atoms with E-state index in [0.29, 0.717) is 12.2 Å². The predicted molar refractivity (Wildman–Crippen MR) is 102 cm³/mol. The molecule has 1 aromatic carbocycles. The van der Waals surface area contributed by atoms with Crippen molar-refractivity contribution in [3.63, 3.8) is 0 Å². The zero-order valence-electron chi connectivity index (χ0n) is 14.7. The molecule has 2 aromatic rings. The van der Waals surface area contributed by atoms with Crippen molar-refractivity contribution in [2.75, 3.05) is 11.9 Å². The van der Waals surface area contributed by atoms with Crippen LogP contribution in [0.15, 0.2) is 35.0 Å². The van der Waals surface area contributed by atoms with Gasteiger partial charge in [0.1, 0.15) is 0 Å². The van der Waals surface area contributed by atoms with Crippen LogP contribution >= 0.6 is 11.3 Å². The van der Waals surface area contributed by atoms with Crippen molar-refractivity contribution in [1.29, 1.82) is 0 Å². The predicted octanol–water partition coefficient (Wildman–Crippen LogP) is 3.93. The highest BCUT2D eigenvalue weighted by Gasteiger charge is 2.36. The van der Waals surface area contributed by atoms with E-state index in [2.05, 4.69) is 27.5 Å². The lowest BCUT2D eigenvalue weighted by atomic mass is 9.80. The molecular weight excluding hydrogens is 332 g/mol. The van der Waals surface area contributed by atoms with Gasteiger partial charge in [0.15, 0.2) is 0 Å². The topological polar surface area (TPSA) is 58.2 Å². The molecule has 1 aromatic heterocycles. The van der Waals surface area contributed by atoms with Gasteiger partial charge in [-0.1, -0.05) is 25.0 Å². The number of hydrogen-bond acceptors (Lipinski definition) is 3. The van der Waals surface area contributed by atoms with E-state index in [0.717, 1.165) is 24.0 Å². The highest BCUT2D eigenvalue weighted by Crippen LogP contribution is 2.41. The first kappa shape index (κ1) is 17.7. The summed E-state index contributed by atoms with van der Waals surface area (Å²) in [5, 5.41) is 9.82. The standard InChI is InChI=1S/C20H24N2O2S/c1-14-6-5-7-17(15(14)2)22-19(24)18(23)21-13-20(9-3-4-10-20)16-8-11-25-12-16/h5-8,11-12H,3-4,9-10,13H2,1-2H3,(H,21,23)(H,22,24). The van der Waals surface area contributed by atoms with Gasteiger partial charge in [-0.15, -0.1) is 0 Å². The van der Waals surface area contributed by atoms with Gasteiger partial charge < -0.3 is 10.6 Å². The number of aryl methyl sites for hydroxylation is 1. The molecule has 0 atom stereocenters. The van der Waals surface area contributed by atoms with Crippen LogP contribution in [0.25, 0.3) is 0 Å². The normalized spacial score (nSPS) is 15.8. The largest absolute Gasteiger partial charge is 0.347 e. The van der Waals surface area contributed by atoms with Crippen LogP contribution in [0.5, 0.6) is 0 Å². The number of carbonyl (C=O) groups excluding carboxylic acids is 2. The van der Waals surface area contributed by atoms with Crippen molar-refractivity contribution < 1.29 is 9.59 Å². The highest BCUT2D eigenvalue weighted by molar-refractivity contribution is 7.08. The van der Waals surface area contributed by atoms with Gasteiger partial charge in [0, 0.05) is 17.6 Å². The summed E-state index contributed by atoms with van der Waals surface area (Å²) in [4.78, 5) is 24.5. The van der Waals surface area contributed by atoms with Gasteiger partial charge in [-0.05, 0) is 66.3 Å². The first-order valence-corrected chi connectivity index (χ1v) is 9.64. The molecule has 0 radical (unpaired) electrons. The maximum atomic E-state index is 12.3. The molecule has 25 heavy (non-hydrogen) atoms. The van der Waals surface area contributed by atoms with E-state index in [-0.39, 0.29) is 5.41 Å². The molecule has 1 fully saturated rings. The first-order chi connectivity index (χ1) is 12.0. The average Bonchev–Trinajstić information content (AvgIpc) is 3.28. The molecule has 1 heterocycles. The van der Waals surface area contributed by atoms with E-state index in [4.69, 9.17) is 0 Å². The van der Waals surface area contributed by atoms with Crippen molar-refractivity contribution in [3.05, 3.63) is 51.7 Å².